The van der Waals surface area contributed by atoms with Gasteiger partial charge in [-0.3, -0.25) is 4.79 Å². The maximum atomic E-state index is 11.2. The summed E-state index contributed by atoms with van der Waals surface area (Å²) in [5.74, 6) is 0.687. The van der Waals surface area contributed by atoms with Crippen LogP contribution in [0.5, 0.6) is 5.75 Å². The molecule has 2 atom stereocenters. The molecular formula is C21H25N3O2. The first-order chi connectivity index (χ1) is 12.6. The third kappa shape index (κ3) is 4.06. The fourth-order valence-corrected chi connectivity index (χ4v) is 3.32. The fraction of sp³-hybridized carbons (Fsp3) is 0.286. The van der Waals surface area contributed by atoms with Crippen molar-refractivity contribution in [2.24, 2.45) is 5.73 Å². The number of nitrogens with two attached hydrogens (primary N) is 1. The molecule has 1 aromatic heterocycles. The van der Waals surface area contributed by atoms with Crippen molar-refractivity contribution < 1.29 is 9.53 Å². The molecule has 5 nitrogen and oxygen atoms in total. The number of benzene rings is 2. The molecule has 0 radical (unpaired) electrons. The van der Waals surface area contributed by atoms with Crippen LogP contribution in [0.1, 0.15) is 30.4 Å². The molecule has 5 heteroatoms. The normalized spacial score (nSPS) is 13.5. The average molecular weight is 351 g/mol. The minimum atomic E-state index is -0.293. The second-order valence-electron chi connectivity index (χ2n) is 6.60. The molecule has 0 unspecified atom stereocenters. The van der Waals surface area contributed by atoms with Gasteiger partial charge in [0.15, 0.2) is 0 Å². The second kappa shape index (κ2) is 8.06. The average Bonchev–Trinajstić information content (AvgIpc) is 3.06. The summed E-state index contributed by atoms with van der Waals surface area (Å²) in [4.78, 5) is 14.5. The zero-order chi connectivity index (χ0) is 18.5. The summed E-state index contributed by atoms with van der Waals surface area (Å²) in [6, 6.07) is 16.4. The summed E-state index contributed by atoms with van der Waals surface area (Å²) in [5.41, 5.74) is 8.85. The Bertz CT molecular complexity index is 870. The lowest BCUT2D eigenvalue weighted by Gasteiger charge is -2.21. The van der Waals surface area contributed by atoms with Crippen LogP contribution in [0.15, 0.2) is 54.7 Å². The van der Waals surface area contributed by atoms with Crippen LogP contribution in [0.3, 0.4) is 0 Å². The van der Waals surface area contributed by atoms with Crippen LogP contribution in [-0.4, -0.2) is 30.6 Å². The topological polar surface area (TPSA) is 80.1 Å². The van der Waals surface area contributed by atoms with Crippen molar-refractivity contribution in [1.29, 1.82) is 0 Å². The number of aromatic amines is 1. The number of para-hydroxylation sites is 1. The predicted octanol–water partition coefficient (Wildman–Crippen LogP) is 3.16. The van der Waals surface area contributed by atoms with E-state index in [-0.39, 0.29) is 17.9 Å². The lowest BCUT2D eigenvalue weighted by atomic mass is 9.90. The first kappa shape index (κ1) is 18.0. The Morgan fingerprint density at radius 2 is 1.92 bits per heavy atom. The zero-order valence-corrected chi connectivity index (χ0v) is 15.2. The number of hydrogen-bond acceptors (Lipinski definition) is 3. The number of fused-ring (bicyclic) bond motifs is 1. The largest absolute Gasteiger partial charge is 0.497 e. The van der Waals surface area contributed by atoms with Crippen LogP contribution in [0.2, 0.25) is 0 Å². The highest BCUT2D eigenvalue weighted by Crippen LogP contribution is 2.31. The molecule has 0 bridgehead atoms. The van der Waals surface area contributed by atoms with Crippen molar-refractivity contribution in [1.82, 2.24) is 10.3 Å². The smallest absolute Gasteiger partial charge is 0.218 e. The quantitative estimate of drug-likeness (QED) is 0.583. The van der Waals surface area contributed by atoms with Crippen LogP contribution in [0.4, 0.5) is 0 Å². The van der Waals surface area contributed by atoms with E-state index in [0.29, 0.717) is 13.0 Å². The minimum absolute atomic E-state index is 0.0263. The summed E-state index contributed by atoms with van der Waals surface area (Å²) >= 11 is 0. The number of ether oxygens (including phenoxy) is 1. The van der Waals surface area contributed by atoms with Crippen LogP contribution in [0, 0.1) is 0 Å². The summed E-state index contributed by atoms with van der Waals surface area (Å²) in [5, 5.41) is 4.65. The third-order valence-electron chi connectivity index (χ3n) is 4.69. The summed E-state index contributed by atoms with van der Waals surface area (Å²) < 4.78 is 5.28. The van der Waals surface area contributed by atoms with E-state index in [0.717, 1.165) is 11.3 Å². The first-order valence-corrected chi connectivity index (χ1v) is 8.80. The van der Waals surface area contributed by atoms with Crippen molar-refractivity contribution in [3.8, 4) is 5.75 Å². The number of hydrogen-bond donors (Lipinski definition) is 3. The maximum absolute atomic E-state index is 11.2. The zero-order valence-electron chi connectivity index (χ0n) is 15.2. The summed E-state index contributed by atoms with van der Waals surface area (Å²) in [7, 11) is 1.67. The molecule has 3 rings (SSSR count). The molecule has 0 saturated carbocycles. The molecule has 2 aromatic carbocycles. The highest BCUT2D eigenvalue weighted by molar-refractivity contribution is 5.84. The van der Waals surface area contributed by atoms with Crippen molar-refractivity contribution in [2.45, 2.75) is 25.3 Å². The van der Waals surface area contributed by atoms with Crippen molar-refractivity contribution in [3.05, 3.63) is 65.9 Å². The van der Waals surface area contributed by atoms with E-state index in [9.17, 15) is 4.79 Å². The van der Waals surface area contributed by atoms with Gasteiger partial charge in [0.1, 0.15) is 5.75 Å². The van der Waals surface area contributed by atoms with Crippen molar-refractivity contribution in [3.63, 3.8) is 0 Å². The minimum Gasteiger partial charge on any atom is -0.497 e. The number of nitrogens with one attached hydrogen (secondary N) is 2. The molecule has 1 amide bonds. The predicted molar refractivity (Wildman–Crippen MR) is 104 cm³/mol. The second-order valence-corrected chi connectivity index (χ2v) is 6.60. The van der Waals surface area contributed by atoms with Crippen LogP contribution in [0.25, 0.3) is 10.9 Å². The molecule has 0 aliphatic rings. The number of carbonyl (C=O) groups is 1. The van der Waals surface area contributed by atoms with Gasteiger partial charge in [-0.2, -0.15) is 0 Å². The lowest BCUT2D eigenvalue weighted by molar-refractivity contribution is -0.118. The van der Waals surface area contributed by atoms with Crippen LogP contribution >= 0.6 is 0 Å². The fourth-order valence-electron chi connectivity index (χ4n) is 3.32. The molecular weight excluding hydrogens is 326 g/mol. The number of rotatable bonds is 8. The van der Waals surface area contributed by atoms with E-state index in [1.807, 2.05) is 31.2 Å². The van der Waals surface area contributed by atoms with E-state index in [2.05, 4.69) is 40.8 Å². The van der Waals surface area contributed by atoms with Crippen LogP contribution in [-0.2, 0) is 4.79 Å². The Morgan fingerprint density at radius 1 is 1.19 bits per heavy atom. The maximum Gasteiger partial charge on any atom is 0.218 e. The molecule has 0 aliphatic heterocycles. The Kier molecular flexibility index (Phi) is 5.58. The van der Waals surface area contributed by atoms with E-state index < -0.39 is 0 Å². The molecule has 26 heavy (non-hydrogen) atoms. The number of aromatic nitrogens is 1. The van der Waals surface area contributed by atoms with Gasteiger partial charge in [0.2, 0.25) is 5.91 Å². The van der Waals surface area contributed by atoms with Gasteiger partial charge in [-0.1, -0.05) is 30.3 Å². The van der Waals surface area contributed by atoms with E-state index in [1.165, 1.54) is 16.5 Å². The Balaban J connectivity index is 1.91. The molecule has 0 saturated heterocycles. The van der Waals surface area contributed by atoms with Crippen molar-refractivity contribution in [2.75, 3.05) is 13.7 Å². The first-order valence-electron chi connectivity index (χ1n) is 8.80. The standard InChI is InChI=1S/C21H25N3O2/c1-14(11-21(22)25)23-12-18(15-7-9-16(26-2)10-8-15)19-13-24-20-6-4-3-5-17(19)20/h3-10,13-14,18,23-24H,11-12H2,1-2H3,(H2,22,25)/t14-,18-/m0/s1. The number of carbonyl (C=O) groups excluding carboxylic acids is 1. The highest BCUT2D eigenvalue weighted by atomic mass is 16.5. The molecule has 1 heterocycles. The van der Waals surface area contributed by atoms with E-state index >= 15 is 0 Å². The summed E-state index contributed by atoms with van der Waals surface area (Å²) in [6.07, 6.45) is 2.39. The van der Waals surface area contributed by atoms with Gasteiger partial charge in [-0.25, -0.2) is 0 Å². The number of primary amides is 1. The number of amides is 1. The third-order valence-corrected chi connectivity index (χ3v) is 4.69. The van der Waals surface area contributed by atoms with E-state index in [1.54, 1.807) is 7.11 Å². The van der Waals surface area contributed by atoms with E-state index in [4.69, 9.17) is 10.5 Å². The Morgan fingerprint density at radius 3 is 2.62 bits per heavy atom. The van der Waals surface area contributed by atoms with Gasteiger partial charge in [0.25, 0.3) is 0 Å². The number of methoxy groups -OCH3 is 1. The highest BCUT2D eigenvalue weighted by Gasteiger charge is 2.19. The van der Waals surface area contributed by atoms with Gasteiger partial charge >= 0.3 is 0 Å². The van der Waals surface area contributed by atoms with Gasteiger partial charge in [0, 0.05) is 42.0 Å². The SMILES string of the molecule is COc1ccc([C@H](CN[C@@H](C)CC(N)=O)c2c[nH]c3ccccc23)cc1. The molecule has 136 valence electrons. The Labute approximate surface area is 153 Å². The molecule has 3 aromatic rings. The van der Waals surface area contributed by atoms with Gasteiger partial charge in [-0.15, -0.1) is 0 Å². The Hall–Kier alpha value is -2.79. The van der Waals surface area contributed by atoms with Crippen LogP contribution < -0.4 is 15.8 Å². The molecule has 0 aliphatic carbocycles. The monoisotopic (exact) mass is 351 g/mol. The molecule has 0 spiro atoms. The van der Waals surface area contributed by atoms with Crippen molar-refractivity contribution >= 4 is 16.8 Å². The lowest BCUT2D eigenvalue weighted by Crippen LogP contribution is -2.34. The van der Waals surface area contributed by atoms with Gasteiger partial charge < -0.3 is 20.8 Å². The van der Waals surface area contributed by atoms with Gasteiger partial charge in [0.05, 0.1) is 7.11 Å². The van der Waals surface area contributed by atoms with Gasteiger partial charge in [-0.05, 0) is 36.2 Å². The number of H-pyrrole nitrogens is 1. The summed E-state index contributed by atoms with van der Waals surface area (Å²) in [6.45, 7) is 2.69. The molecule has 0 fully saturated rings. The molecule has 4 N–H and O–H groups in total.